The Labute approximate surface area is 152 Å². The van der Waals surface area contributed by atoms with Crippen molar-refractivity contribution in [1.29, 1.82) is 0 Å². The van der Waals surface area contributed by atoms with Gasteiger partial charge in [-0.2, -0.15) is 0 Å². The first-order valence-electron chi connectivity index (χ1n) is 8.39. The van der Waals surface area contributed by atoms with Gasteiger partial charge in [-0.15, -0.1) is 23.5 Å². The Kier molecular flexibility index (Phi) is 6.27. The number of aryl methyl sites for hydroxylation is 2. The molecule has 2 aromatic carbocycles. The molecule has 0 unspecified atom stereocenters. The van der Waals surface area contributed by atoms with E-state index in [0.717, 1.165) is 12.1 Å². The second-order valence-electron chi connectivity index (χ2n) is 6.09. The van der Waals surface area contributed by atoms with Crippen LogP contribution < -0.4 is 5.32 Å². The summed E-state index contributed by atoms with van der Waals surface area (Å²) in [6.07, 6.45) is 2.58. The fourth-order valence-corrected chi connectivity index (χ4v) is 5.55. The molecular formula is C20H23NOS2. The van der Waals surface area contributed by atoms with Gasteiger partial charge in [0, 0.05) is 12.1 Å². The van der Waals surface area contributed by atoms with Crippen LogP contribution in [-0.2, 0) is 11.2 Å². The molecule has 2 nitrogen and oxygen atoms in total. The summed E-state index contributed by atoms with van der Waals surface area (Å²) < 4.78 is 0.503. The zero-order valence-electron chi connectivity index (χ0n) is 14.0. The number of hydrogen-bond acceptors (Lipinski definition) is 3. The van der Waals surface area contributed by atoms with Gasteiger partial charge in [0.15, 0.2) is 0 Å². The largest absolute Gasteiger partial charge is 0.326 e. The van der Waals surface area contributed by atoms with E-state index < -0.39 is 0 Å². The third kappa shape index (κ3) is 5.05. The first-order valence-corrected chi connectivity index (χ1v) is 10.5. The molecule has 2 aromatic rings. The Morgan fingerprint density at radius 1 is 1.12 bits per heavy atom. The first-order chi connectivity index (χ1) is 11.7. The van der Waals surface area contributed by atoms with Crippen LogP contribution in [0, 0.1) is 6.92 Å². The SMILES string of the molecule is Cc1ccc(CCC(=O)Nc2cccc(C3SCCCS3)c2)cc1. The van der Waals surface area contributed by atoms with Crippen molar-refractivity contribution in [3.63, 3.8) is 0 Å². The van der Waals surface area contributed by atoms with Gasteiger partial charge in [-0.3, -0.25) is 4.79 Å². The summed E-state index contributed by atoms with van der Waals surface area (Å²) in [4.78, 5) is 12.2. The van der Waals surface area contributed by atoms with Gasteiger partial charge in [-0.1, -0.05) is 42.0 Å². The topological polar surface area (TPSA) is 29.1 Å². The molecule has 1 N–H and O–H groups in total. The average molecular weight is 358 g/mol. The molecule has 0 aliphatic carbocycles. The molecule has 0 saturated carbocycles. The number of carbonyl (C=O) groups is 1. The first kappa shape index (κ1) is 17.4. The minimum absolute atomic E-state index is 0.0803. The molecule has 0 aromatic heterocycles. The monoisotopic (exact) mass is 357 g/mol. The molecule has 0 radical (unpaired) electrons. The van der Waals surface area contributed by atoms with Crippen molar-refractivity contribution in [2.24, 2.45) is 0 Å². The van der Waals surface area contributed by atoms with Gasteiger partial charge in [0.25, 0.3) is 0 Å². The summed E-state index contributed by atoms with van der Waals surface area (Å²) in [7, 11) is 0. The number of thioether (sulfide) groups is 2. The molecule has 126 valence electrons. The fourth-order valence-electron chi connectivity index (χ4n) is 2.68. The molecule has 3 rings (SSSR count). The lowest BCUT2D eigenvalue weighted by Gasteiger charge is -2.21. The highest BCUT2D eigenvalue weighted by atomic mass is 32.2. The van der Waals surface area contributed by atoms with E-state index in [0.29, 0.717) is 11.0 Å². The third-order valence-electron chi connectivity index (χ3n) is 4.03. The van der Waals surface area contributed by atoms with Gasteiger partial charge < -0.3 is 5.32 Å². The lowest BCUT2D eigenvalue weighted by Crippen LogP contribution is -2.12. The summed E-state index contributed by atoms with van der Waals surface area (Å²) in [5, 5.41) is 3.05. The number of amides is 1. The number of carbonyl (C=O) groups excluding carboxylic acids is 1. The molecule has 0 atom stereocenters. The van der Waals surface area contributed by atoms with E-state index in [4.69, 9.17) is 0 Å². The Morgan fingerprint density at radius 2 is 1.88 bits per heavy atom. The number of benzene rings is 2. The van der Waals surface area contributed by atoms with Crippen LogP contribution in [0.3, 0.4) is 0 Å². The zero-order chi connectivity index (χ0) is 16.8. The summed E-state index contributed by atoms with van der Waals surface area (Å²) >= 11 is 4.01. The smallest absolute Gasteiger partial charge is 0.224 e. The summed E-state index contributed by atoms with van der Waals surface area (Å²) in [6.45, 7) is 2.08. The van der Waals surface area contributed by atoms with Gasteiger partial charge >= 0.3 is 0 Å². The Morgan fingerprint density at radius 3 is 2.62 bits per heavy atom. The molecular weight excluding hydrogens is 334 g/mol. The van der Waals surface area contributed by atoms with Crippen LogP contribution in [0.15, 0.2) is 48.5 Å². The van der Waals surface area contributed by atoms with Crippen LogP contribution in [0.1, 0.15) is 34.1 Å². The van der Waals surface area contributed by atoms with E-state index in [1.165, 1.54) is 34.6 Å². The van der Waals surface area contributed by atoms with Crippen molar-refractivity contribution >= 4 is 35.1 Å². The normalized spacial score (nSPS) is 15.2. The van der Waals surface area contributed by atoms with Crippen molar-refractivity contribution in [2.45, 2.75) is 30.8 Å². The molecule has 1 aliphatic heterocycles. The minimum Gasteiger partial charge on any atom is -0.326 e. The molecule has 1 heterocycles. The molecule has 24 heavy (non-hydrogen) atoms. The Bertz CT molecular complexity index is 678. The van der Waals surface area contributed by atoms with Gasteiger partial charge in [0.2, 0.25) is 5.91 Å². The Balaban J connectivity index is 1.55. The summed E-state index contributed by atoms with van der Waals surface area (Å²) in [6, 6.07) is 16.7. The van der Waals surface area contributed by atoms with Crippen LogP contribution in [0.4, 0.5) is 5.69 Å². The van der Waals surface area contributed by atoms with Crippen molar-refractivity contribution in [3.05, 3.63) is 65.2 Å². The van der Waals surface area contributed by atoms with Gasteiger partial charge in [0.1, 0.15) is 0 Å². The second kappa shape index (κ2) is 8.63. The predicted molar refractivity (Wildman–Crippen MR) is 107 cm³/mol. The van der Waals surface area contributed by atoms with Gasteiger partial charge in [0.05, 0.1) is 4.58 Å². The van der Waals surface area contributed by atoms with E-state index in [9.17, 15) is 4.79 Å². The maximum atomic E-state index is 12.2. The standard InChI is InChI=1S/C20H23NOS2/c1-15-6-8-16(9-7-15)10-11-19(22)21-18-5-2-4-17(14-18)20-23-12-3-13-24-20/h2,4-9,14,20H,3,10-13H2,1H3,(H,21,22). The molecule has 1 amide bonds. The number of nitrogens with one attached hydrogen (secondary N) is 1. The lowest BCUT2D eigenvalue weighted by molar-refractivity contribution is -0.116. The highest BCUT2D eigenvalue weighted by Crippen LogP contribution is 2.44. The van der Waals surface area contributed by atoms with Gasteiger partial charge in [-0.25, -0.2) is 0 Å². The predicted octanol–water partition coefficient (Wildman–Crippen LogP) is 5.44. The number of rotatable bonds is 5. The van der Waals surface area contributed by atoms with E-state index in [1.807, 2.05) is 35.7 Å². The van der Waals surface area contributed by atoms with Crippen LogP contribution in [0.25, 0.3) is 0 Å². The highest BCUT2D eigenvalue weighted by molar-refractivity contribution is 8.16. The average Bonchev–Trinajstić information content (AvgIpc) is 2.62. The second-order valence-corrected chi connectivity index (χ2v) is 8.81. The lowest BCUT2D eigenvalue weighted by atomic mass is 10.1. The quantitative estimate of drug-likeness (QED) is 0.773. The maximum Gasteiger partial charge on any atom is 0.224 e. The van der Waals surface area contributed by atoms with Gasteiger partial charge in [-0.05, 0) is 54.5 Å². The van der Waals surface area contributed by atoms with Crippen molar-refractivity contribution in [3.8, 4) is 0 Å². The molecule has 4 heteroatoms. The molecule has 1 aliphatic rings. The van der Waals surface area contributed by atoms with Crippen molar-refractivity contribution in [1.82, 2.24) is 0 Å². The van der Waals surface area contributed by atoms with Crippen molar-refractivity contribution in [2.75, 3.05) is 16.8 Å². The third-order valence-corrected chi connectivity index (χ3v) is 7.05. The maximum absolute atomic E-state index is 12.2. The molecule has 0 bridgehead atoms. The minimum atomic E-state index is 0.0803. The molecule has 1 saturated heterocycles. The highest BCUT2D eigenvalue weighted by Gasteiger charge is 2.16. The molecule has 0 spiro atoms. The summed E-state index contributed by atoms with van der Waals surface area (Å²) in [5.74, 6) is 2.53. The van der Waals surface area contributed by atoms with Crippen LogP contribution in [-0.4, -0.2) is 17.4 Å². The Hall–Kier alpha value is -1.39. The fraction of sp³-hybridized carbons (Fsp3) is 0.350. The zero-order valence-corrected chi connectivity index (χ0v) is 15.6. The van der Waals surface area contributed by atoms with Crippen molar-refractivity contribution < 1.29 is 4.79 Å². The van der Waals surface area contributed by atoms with Crippen LogP contribution in [0.2, 0.25) is 0 Å². The van der Waals surface area contributed by atoms with E-state index in [1.54, 1.807) is 0 Å². The number of anilines is 1. The van der Waals surface area contributed by atoms with Crippen LogP contribution in [0.5, 0.6) is 0 Å². The van der Waals surface area contributed by atoms with E-state index >= 15 is 0 Å². The van der Waals surface area contributed by atoms with E-state index in [2.05, 4.69) is 48.6 Å². The van der Waals surface area contributed by atoms with Crippen LogP contribution >= 0.6 is 23.5 Å². The number of hydrogen-bond donors (Lipinski definition) is 1. The summed E-state index contributed by atoms with van der Waals surface area (Å²) in [5.41, 5.74) is 4.67. The van der Waals surface area contributed by atoms with E-state index in [-0.39, 0.29) is 5.91 Å². The molecule has 1 fully saturated rings.